The van der Waals surface area contributed by atoms with Crippen LogP contribution >= 0.6 is 0 Å². The van der Waals surface area contributed by atoms with E-state index in [-0.39, 0.29) is 0 Å². The molecule has 0 amide bonds. The van der Waals surface area contributed by atoms with Crippen molar-refractivity contribution in [2.75, 3.05) is 13.1 Å². The minimum atomic E-state index is -4.06. The van der Waals surface area contributed by atoms with Crippen LogP contribution in [0, 0.1) is 6.92 Å². The molecule has 1 aromatic rings. The van der Waals surface area contributed by atoms with Crippen LogP contribution in [0.1, 0.15) is 24.8 Å². The number of aryl methyl sites for hydroxylation is 1. The van der Waals surface area contributed by atoms with Gasteiger partial charge in [0.15, 0.2) is 0 Å². The molecule has 3 nitrogen and oxygen atoms in total. The fraction of sp³-hybridized carbons (Fsp3) is 0.500. The molecule has 1 heterocycles. The molecule has 1 fully saturated rings. The van der Waals surface area contributed by atoms with Crippen LogP contribution < -0.4 is 4.46 Å². The number of hydrogen-bond acceptors (Lipinski definition) is 2. The number of piperidine rings is 1. The van der Waals surface area contributed by atoms with E-state index in [1.165, 1.54) is 0 Å². The standard InChI is InChI=1S/C12H17NO2Se/c1-11-5-7-12(8-6-11)16(14,15)13-9-3-2-4-10-13/h5-8H,2-4,9-10H2,1H3. The Morgan fingerprint density at radius 2 is 1.56 bits per heavy atom. The first-order valence-corrected chi connectivity index (χ1v) is 8.70. The van der Waals surface area contributed by atoms with E-state index in [0.29, 0.717) is 17.6 Å². The summed E-state index contributed by atoms with van der Waals surface area (Å²) in [4.78, 5) is 0. The van der Waals surface area contributed by atoms with Gasteiger partial charge in [0.1, 0.15) is 0 Å². The van der Waals surface area contributed by atoms with E-state index < -0.39 is 12.9 Å². The van der Waals surface area contributed by atoms with E-state index in [1.807, 2.05) is 19.1 Å². The molecule has 1 aliphatic heterocycles. The number of rotatable bonds is 2. The summed E-state index contributed by atoms with van der Waals surface area (Å²) < 4.78 is 26.8. The van der Waals surface area contributed by atoms with Crippen LogP contribution in [0.4, 0.5) is 0 Å². The summed E-state index contributed by atoms with van der Waals surface area (Å²) in [5.74, 6) is 0. The Kier molecular flexibility index (Phi) is 3.43. The third-order valence-corrected chi connectivity index (χ3v) is 6.99. The first-order valence-electron chi connectivity index (χ1n) is 5.67. The van der Waals surface area contributed by atoms with Gasteiger partial charge in [-0.2, -0.15) is 0 Å². The molecule has 16 heavy (non-hydrogen) atoms. The predicted molar refractivity (Wildman–Crippen MR) is 63.4 cm³/mol. The van der Waals surface area contributed by atoms with Crippen LogP contribution in [0.25, 0.3) is 0 Å². The van der Waals surface area contributed by atoms with Crippen LogP contribution in [0.15, 0.2) is 24.3 Å². The van der Waals surface area contributed by atoms with E-state index in [9.17, 15) is 7.67 Å². The third-order valence-electron chi connectivity index (χ3n) is 2.97. The zero-order chi connectivity index (χ0) is 11.6. The van der Waals surface area contributed by atoms with Gasteiger partial charge in [-0.1, -0.05) is 0 Å². The summed E-state index contributed by atoms with van der Waals surface area (Å²) >= 11 is -4.06. The van der Waals surface area contributed by atoms with Gasteiger partial charge in [0.2, 0.25) is 0 Å². The van der Waals surface area contributed by atoms with E-state index in [2.05, 4.69) is 0 Å². The quantitative estimate of drug-likeness (QED) is 0.773. The van der Waals surface area contributed by atoms with Gasteiger partial charge in [0, 0.05) is 0 Å². The second-order valence-corrected chi connectivity index (χ2v) is 8.34. The normalized spacial score (nSPS) is 18.6. The summed E-state index contributed by atoms with van der Waals surface area (Å²) in [7, 11) is 0. The number of benzene rings is 1. The van der Waals surface area contributed by atoms with Crippen LogP contribution in [-0.4, -0.2) is 29.9 Å². The minimum absolute atomic E-state index is 0.490. The molecule has 0 N–H and O–H groups in total. The van der Waals surface area contributed by atoms with Crippen LogP contribution in [0.3, 0.4) is 0 Å². The molecule has 0 atom stereocenters. The maximum absolute atomic E-state index is 12.3. The third kappa shape index (κ3) is 2.34. The summed E-state index contributed by atoms with van der Waals surface area (Å²) in [6.07, 6.45) is 3.14. The van der Waals surface area contributed by atoms with Gasteiger partial charge in [0.25, 0.3) is 0 Å². The van der Waals surface area contributed by atoms with Gasteiger partial charge in [-0.15, -0.1) is 0 Å². The van der Waals surface area contributed by atoms with Crippen LogP contribution in [0.2, 0.25) is 0 Å². The summed E-state index contributed by atoms with van der Waals surface area (Å²) in [5, 5.41) is 0. The Balaban J connectivity index is 2.27. The molecule has 0 aliphatic carbocycles. The van der Waals surface area contributed by atoms with Crippen molar-refractivity contribution in [3.8, 4) is 0 Å². The monoisotopic (exact) mass is 287 g/mol. The van der Waals surface area contributed by atoms with Crippen molar-refractivity contribution in [3.05, 3.63) is 29.8 Å². The number of nitrogens with zero attached hydrogens (tertiary/aromatic N) is 1. The average molecular weight is 286 g/mol. The van der Waals surface area contributed by atoms with E-state index in [1.54, 1.807) is 16.0 Å². The van der Waals surface area contributed by atoms with Gasteiger partial charge < -0.3 is 0 Å². The molecule has 88 valence electrons. The molecular weight excluding hydrogens is 269 g/mol. The van der Waals surface area contributed by atoms with Crippen molar-refractivity contribution in [2.45, 2.75) is 26.2 Å². The van der Waals surface area contributed by atoms with Crippen LogP contribution in [0.5, 0.6) is 0 Å². The Bertz CT molecular complexity index is 444. The Morgan fingerprint density at radius 1 is 1.00 bits per heavy atom. The maximum atomic E-state index is 12.3. The first-order chi connectivity index (χ1) is 7.60. The molecular formula is C12H17NO2Se. The van der Waals surface area contributed by atoms with Crippen molar-refractivity contribution in [1.29, 1.82) is 0 Å². The Hall–Kier alpha value is -0.701. The fourth-order valence-corrected chi connectivity index (χ4v) is 5.15. The van der Waals surface area contributed by atoms with Crippen molar-refractivity contribution in [3.63, 3.8) is 0 Å². The van der Waals surface area contributed by atoms with Crippen molar-refractivity contribution in [2.24, 2.45) is 0 Å². The van der Waals surface area contributed by atoms with E-state index in [0.717, 1.165) is 24.8 Å². The van der Waals surface area contributed by atoms with Crippen molar-refractivity contribution >= 4 is 17.4 Å². The molecule has 1 saturated heterocycles. The van der Waals surface area contributed by atoms with Gasteiger partial charge in [-0.05, 0) is 0 Å². The predicted octanol–water partition coefficient (Wildman–Crippen LogP) is 1.49. The summed E-state index contributed by atoms with van der Waals surface area (Å²) in [5.41, 5.74) is 1.09. The molecule has 1 aromatic carbocycles. The molecule has 0 radical (unpaired) electrons. The topological polar surface area (TPSA) is 37.4 Å². The second kappa shape index (κ2) is 4.66. The molecule has 0 aromatic heterocycles. The second-order valence-electron chi connectivity index (χ2n) is 4.28. The van der Waals surface area contributed by atoms with E-state index >= 15 is 0 Å². The molecule has 4 heteroatoms. The fourth-order valence-electron chi connectivity index (χ4n) is 1.96. The number of hydrogen-bond donors (Lipinski definition) is 0. The van der Waals surface area contributed by atoms with Gasteiger partial charge in [0.05, 0.1) is 0 Å². The summed E-state index contributed by atoms with van der Waals surface area (Å²) in [6.45, 7) is 3.35. The molecule has 0 bridgehead atoms. The Labute approximate surface area is 98.3 Å². The summed E-state index contributed by atoms with van der Waals surface area (Å²) in [6, 6.07) is 7.18. The molecule has 2 rings (SSSR count). The van der Waals surface area contributed by atoms with Gasteiger partial charge in [-0.3, -0.25) is 0 Å². The molecule has 0 unspecified atom stereocenters. The average Bonchev–Trinajstić information content (AvgIpc) is 2.31. The van der Waals surface area contributed by atoms with E-state index in [4.69, 9.17) is 0 Å². The van der Waals surface area contributed by atoms with Crippen LogP contribution in [-0.2, 0) is 7.67 Å². The SMILES string of the molecule is Cc1ccc([Se](=O)(=O)N2CCCCC2)cc1. The van der Waals surface area contributed by atoms with Crippen molar-refractivity contribution in [1.82, 2.24) is 3.92 Å². The Morgan fingerprint density at radius 3 is 2.12 bits per heavy atom. The van der Waals surface area contributed by atoms with Crippen molar-refractivity contribution < 1.29 is 7.67 Å². The van der Waals surface area contributed by atoms with Gasteiger partial charge in [-0.25, -0.2) is 0 Å². The zero-order valence-corrected chi connectivity index (χ0v) is 11.2. The molecule has 0 spiro atoms. The molecule has 0 saturated carbocycles. The molecule has 1 aliphatic rings. The zero-order valence-electron chi connectivity index (χ0n) is 9.52. The van der Waals surface area contributed by atoms with Gasteiger partial charge >= 0.3 is 98.1 Å². The first kappa shape index (κ1) is 11.8.